The molecular formula is C18H26N2O2. The third-order valence-electron chi connectivity index (χ3n) is 5.14. The number of benzene rings is 1. The van der Waals surface area contributed by atoms with Crippen LogP contribution < -0.4 is 5.32 Å². The van der Waals surface area contributed by atoms with Gasteiger partial charge in [-0.1, -0.05) is 37.3 Å². The molecule has 4 nitrogen and oxygen atoms in total. The summed E-state index contributed by atoms with van der Waals surface area (Å²) in [6, 6.07) is 10.1. The van der Waals surface area contributed by atoms with Crippen molar-refractivity contribution in [3.8, 4) is 0 Å². The van der Waals surface area contributed by atoms with E-state index in [0.29, 0.717) is 6.61 Å². The van der Waals surface area contributed by atoms with Crippen LogP contribution in [0.3, 0.4) is 0 Å². The molecular weight excluding hydrogens is 276 g/mol. The number of hydrogen-bond donors (Lipinski definition) is 1. The van der Waals surface area contributed by atoms with Gasteiger partial charge in [-0.3, -0.25) is 0 Å². The molecule has 0 radical (unpaired) electrons. The van der Waals surface area contributed by atoms with Gasteiger partial charge in [0.05, 0.1) is 6.04 Å². The average Bonchev–Trinajstić information content (AvgIpc) is 3.02. The summed E-state index contributed by atoms with van der Waals surface area (Å²) >= 11 is 0. The molecule has 3 rings (SSSR count). The Morgan fingerprint density at radius 3 is 2.77 bits per heavy atom. The van der Waals surface area contributed by atoms with E-state index in [2.05, 4.69) is 12.2 Å². The Morgan fingerprint density at radius 2 is 2.09 bits per heavy atom. The molecule has 0 aliphatic carbocycles. The zero-order chi connectivity index (χ0) is 15.4. The van der Waals surface area contributed by atoms with Crippen LogP contribution in [-0.4, -0.2) is 35.7 Å². The smallest absolute Gasteiger partial charge is 0.410 e. The van der Waals surface area contributed by atoms with E-state index in [-0.39, 0.29) is 17.7 Å². The third-order valence-corrected chi connectivity index (χ3v) is 5.14. The number of nitrogens with zero attached hydrogens (tertiary/aromatic N) is 1. The second-order valence-corrected chi connectivity index (χ2v) is 6.45. The lowest BCUT2D eigenvalue weighted by molar-refractivity contribution is 0.0306. The number of piperidine rings is 1. The number of carbonyl (C=O) groups is 1. The first kappa shape index (κ1) is 15.3. The molecule has 4 heteroatoms. The Bertz CT molecular complexity index is 497. The molecule has 2 aliphatic heterocycles. The summed E-state index contributed by atoms with van der Waals surface area (Å²) < 4.78 is 5.56. The van der Waals surface area contributed by atoms with Crippen molar-refractivity contribution in [3.63, 3.8) is 0 Å². The fourth-order valence-corrected chi connectivity index (χ4v) is 4.14. The molecule has 2 unspecified atom stereocenters. The number of ether oxygens (including phenoxy) is 1. The van der Waals surface area contributed by atoms with Crippen molar-refractivity contribution in [2.75, 3.05) is 13.1 Å². The Labute approximate surface area is 132 Å². The van der Waals surface area contributed by atoms with E-state index in [1.165, 1.54) is 19.3 Å². The van der Waals surface area contributed by atoms with Crippen LogP contribution in [0.5, 0.6) is 0 Å². The molecule has 120 valence electrons. The van der Waals surface area contributed by atoms with Gasteiger partial charge in [-0.2, -0.15) is 0 Å². The Balaban J connectivity index is 1.65. The molecule has 2 fully saturated rings. The zero-order valence-corrected chi connectivity index (χ0v) is 13.4. The standard InChI is InChI=1S/C18H26N2O2/c1-2-16-18(10-6-12-19-18)11-7-13-20(16)17(21)22-14-15-8-4-3-5-9-15/h3-5,8-9,16,19H,2,6-7,10-14H2,1H3. The maximum atomic E-state index is 12.6. The van der Waals surface area contributed by atoms with Crippen LogP contribution >= 0.6 is 0 Å². The van der Waals surface area contributed by atoms with Gasteiger partial charge >= 0.3 is 6.09 Å². The minimum Gasteiger partial charge on any atom is -0.445 e. The lowest BCUT2D eigenvalue weighted by atomic mass is 9.79. The minimum atomic E-state index is -0.163. The largest absolute Gasteiger partial charge is 0.445 e. The quantitative estimate of drug-likeness (QED) is 0.931. The molecule has 1 spiro atoms. The third kappa shape index (κ3) is 2.98. The van der Waals surface area contributed by atoms with Crippen molar-refractivity contribution in [1.29, 1.82) is 0 Å². The summed E-state index contributed by atoms with van der Waals surface area (Å²) in [5.41, 5.74) is 1.16. The van der Waals surface area contributed by atoms with Crippen molar-refractivity contribution >= 4 is 6.09 Å². The molecule has 1 aromatic carbocycles. The molecule has 1 aromatic rings. The number of rotatable bonds is 3. The van der Waals surface area contributed by atoms with Crippen LogP contribution in [0.4, 0.5) is 4.79 Å². The van der Waals surface area contributed by atoms with Gasteiger partial charge in [0.2, 0.25) is 0 Å². The van der Waals surface area contributed by atoms with Crippen LogP contribution in [0.25, 0.3) is 0 Å². The molecule has 22 heavy (non-hydrogen) atoms. The van der Waals surface area contributed by atoms with Gasteiger partial charge in [-0.25, -0.2) is 4.79 Å². The van der Waals surface area contributed by atoms with E-state index >= 15 is 0 Å². The Morgan fingerprint density at radius 1 is 1.32 bits per heavy atom. The maximum absolute atomic E-state index is 12.6. The molecule has 2 saturated heterocycles. The van der Waals surface area contributed by atoms with Gasteiger partial charge in [0.15, 0.2) is 0 Å². The van der Waals surface area contributed by atoms with Crippen molar-refractivity contribution in [1.82, 2.24) is 10.2 Å². The van der Waals surface area contributed by atoms with Crippen LogP contribution in [-0.2, 0) is 11.3 Å². The first-order valence-corrected chi connectivity index (χ1v) is 8.47. The van der Waals surface area contributed by atoms with Crippen LogP contribution in [0.15, 0.2) is 30.3 Å². The summed E-state index contributed by atoms with van der Waals surface area (Å²) in [7, 11) is 0. The number of amides is 1. The van der Waals surface area contributed by atoms with Gasteiger partial charge in [-0.15, -0.1) is 0 Å². The van der Waals surface area contributed by atoms with E-state index in [4.69, 9.17) is 4.74 Å². The van der Waals surface area contributed by atoms with Crippen molar-refractivity contribution < 1.29 is 9.53 Å². The molecule has 2 heterocycles. The van der Waals surface area contributed by atoms with Crippen molar-refractivity contribution in [2.24, 2.45) is 0 Å². The van der Waals surface area contributed by atoms with Crippen LogP contribution in [0.1, 0.15) is 44.6 Å². The predicted octanol–water partition coefficient (Wildman–Crippen LogP) is 3.32. The zero-order valence-electron chi connectivity index (χ0n) is 13.4. The van der Waals surface area contributed by atoms with E-state index in [9.17, 15) is 4.79 Å². The molecule has 1 amide bonds. The monoisotopic (exact) mass is 302 g/mol. The SMILES string of the molecule is CCC1N(C(=O)OCc2ccccc2)CCCC12CCCN2. The van der Waals surface area contributed by atoms with Crippen LogP contribution in [0, 0.1) is 0 Å². The summed E-state index contributed by atoms with van der Waals surface area (Å²) in [6.45, 7) is 4.42. The molecule has 0 bridgehead atoms. The van der Waals surface area contributed by atoms with Gasteiger partial charge < -0.3 is 15.0 Å². The van der Waals surface area contributed by atoms with E-state index < -0.39 is 0 Å². The highest BCUT2D eigenvalue weighted by atomic mass is 16.6. The first-order valence-electron chi connectivity index (χ1n) is 8.47. The summed E-state index contributed by atoms with van der Waals surface area (Å²) in [4.78, 5) is 14.5. The Hall–Kier alpha value is -1.55. The minimum absolute atomic E-state index is 0.124. The highest BCUT2D eigenvalue weighted by Crippen LogP contribution is 2.36. The topological polar surface area (TPSA) is 41.6 Å². The fraction of sp³-hybridized carbons (Fsp3) is 0.611. The normalized spacial score (nSPS) is 28.0. The van der Waals surface area contributed by atoms with Crippen molar-refractivity contribution in [3.05, 3.63) is 35.9 Å². The second kappa shape index (κ2) is 6.69. The average molecular weight is 302 g/mol. The Kier molecular flexibility index (Phi) is 4.67. The highest BCUT2D eigenvalue weighted by Gasteiger charge is 2.47. The van der Waals surface area contributed by atoms with Gasteiger partial charge in [0, 0.05) is 12.1 Å². The lowest BCUT2D eigenvalue weighted by Gasteiger charge is -2.47. The summed E-state index contributed by atoms with van der Waals surface area (Å²) in [5, 5.41) is 3.68. The van der Waals surface area contributed by atoms with Gasteiger partial charge in [0.25, 0.3) is 0 Å². The second-order valence-electron chi connectivity index (χ2n) is 6.45. The number of hydrogen-bond acceptors (Lipinski definition) is 3. The van der Waals surface area contributed by atoms with Crippen LogP contribution in [0.2, 0.25) is 0 Å². The van der Waals surface area contributed by atoms with E-state index in [1.807, 2.05) is 35.2 Å². The van der Waals surface area contributed by atoms with Gasteiger partial charge in [0.1, 0.15) is 6.61 Å². The van der Waals surface area contributed by atoms with Gasteiger partial charge in [-0.05, 0) is 44.2 Å². The summed E-state index contributed by atoms with van der Waals surface area (Å²) in [6.07, 6.45) is 5.44. The fourth-order valence-electron chi connectivity index (χ4n) is 4.14. The molecule has 0 saturated carbocycles. The molecule has 2 aliphatic rings. The number of carbonyl (C=O) groups excluding carboxylic acids is 1. The highest BCUT2D eigenvalue weighted by molar-refractivity contribution is 5.68. The molecule has 1 N–H and O–H groups in total. The summed E-state index contributed by atoms with van der Waals surface area (Å²) in [5.74, 6) is 0. The first-order chi connectivity index (χ1) is 10.7. The van der Waals surface area contributed by atoms with E-state index in [0.717, 1.165) is 31.5 Å². The predicted molar refractivity (Wildman–Crippen MR) is 86.6 cm³/mol. The maximum Gasteiger partial charge on any atom is 0.410 e. The number of likely N-dealkylation sites (tertiary alicyclic amines) is 1. The number of nitrogens with one attached hydrogen (secondary N) is 1. The molecule has 2 atom stereocenters. The van der Waals surface area contributed by atoms with Crippen molar-refractivity contribution in [2.45, 2.75) is 57.2 Å². The van der Waals surface area contributed by atoms with E-state index in [1.54, 1.807) is 0 Å². The molecule has 0 aromatic heterocycles. The lowest BCUT2D eigenvalue weighted by Crippen LogP contribution is -2.62.